The second-order valence-corrected chi connectivity index (χ2v) is 12.0. The Morgan fingerprint density at radius 1 is 0.848 bits per heavy atom. The number of fused-ring (bicyclic) bond motifs is 1. The molecule has 0 bridgehead atoms. The van der Waals surface area contributed by atoms with Crippen molar-refractivity contribution in [2.45, 2.75) is 63.1 Å². The van der Waals surface area contributed by atoms with Crippen molar-refractivity contribution in [3.05, 3.63) is 96.0 Å². The van der Waals surface area contributed by atoms with E-state index >= 15 is 0 Å². The van der Waals surface area contributed by atoms with Gasteiger partial charge in [-0.15, -0.1) is 0 Å². The van der Waals surface area contributed by atoms with Crippen LogP contribution in [0.15, 0.2) is 83.5 Å². The zero-order valence-electron chi connectivity index (χ0n) is 25.9. The molecule has 7 N–H and O–H groups in total. The summed E-state index contributed by atoms with van der Waals surface area (Å²) < 4.78 is 7.59. The summed E-state index contributed by atoms with van der Waals surface area (Å²) in [6.07, 6.45) is 8.42. The number of para-hydroxylation sites is 1. The molecule has 0 unspecified atom stereocenters. The van der Waals surface area contributed by atoms with Gasteiger partial charge in [-0.1, -0.05) is 49.6 Å². The quantitative estimate of drug-likeness (QED) is 0.119. The van der Waals surface area contributed by atoms with E-state index in [0.29, 0.717) is 11.3 Å². The van der Waals surface area contributed by atoms with Gasteiger partial charge in [-0.05, 0) is 54.7 Å². The molecule has 11 nitrogen and oxygen atoms in total. The molecule has 1 aliphatic rings. The highest BCUT2D eigenvalue weighted by Crippen LogP contribution is 2.27. The predicted molar refractivity (Wildman–Crippen MR) is 173 cm³/mol. The number of nitrogen functional groups attached to an aromatic ring is 1. The fourth-order valence-electron chi connectivity index (χ4n) is 6.03. The molecule has 0 radical (unpaired) electrons. The Morgan fingerprint density at radius 3 is 2.26 bits per heavy atom. The van der Waals surface area contributed by atoms with Gasteiger partial charge in [0.15, 0.2) is 18.2 Å². The number of nitrogens with two attached hydrogens (primary N) is 2. The summed E-state index contributed by atoms with van der Waals surface area (Å²) in [5.74, 6) is -2.33. The van der Waals surface area contributed by atoms with Gasteiger partial charge >= 0.3 is 0 Å². The Bertz CT molecular complexity index is 1660. The maximum absolute atomic E-state index is 14.0. The molecule has 1 saturated carbocycles. The third kappa shape index (κ3) is 8.29. The van der Waals surface area contributed by atoms with Crippen molar-refractivity contribution in [1.29, 1.82) is 0 Å². The minimum Gasteiger partial charge on any atom is -0.451 e. The van der Waals surface area contributed by atoms with Crippen LogP contribution < -0.4 is 32.0 Å². The normalized spacial score (nSPS) is 15.4. The third-order valence-corrected chi connectivity index (χ3v) is 8.49. The van der Waals surface area contributed by atoms with Gasteiger partial charge in [-0.2, -0.15) is 0 Å². The van der Waals surface area contributed by atoms with Crippen LogP contribution in [0.1, 0.15) is 53.8 Å². The molecule has 2 aromatic heterocycles. The van der Waals surface area contributed by atoms with Gasteiger partial charge in [0.2, 0.25) is 17.7 Å². The summed E-state index contributed by atoms with van der Waals surface area (Å²) in [4.78, 5) is 53.7. The second-order valence-electron chi connectivity index (χ2n) is 12.0. The van der Waals surface area contributed by atoms with Crippen molar-refractivity contribution in [3.8, 4) is 0 Å². The molecule has 11 heteroatoms. The fourth-order valence-corrected chi connectivity index (χ4v) is 6.03. The number of pyridine rings is 1. The van der Waals surface area contributed by atoms with Crippen molar-refractivity contribution in [3.63, 3.8) is 0 Å². The van der Waals surface area contributed by atoms with Crippen LogP contribution >= 0.6 is 0 Å². The number of primary amides is 1. The Hall–Kier alpha value is -5.19. The predicted octanol–water partition coefficient (Wildman–Crippen LogP) is 2.46. The van der Waals surface area contributed by atoms with Gasteiger partial charge < -0.3 is 31.8 Å². The van der Waals surface area contributed by atoms with Crippen LogP contribution in [0.25, 0.3) is 11.0 Å². The van der Waals surface area contributed by atoms with Gasteiger partial charge in [-0.3, -0.25) is 19.2 Å². The Kier molecular flexibility index (Phi) is 10.3. The summed E-state index contributed by atoms with van der Waals surface area (Å²) in [5, 5.41) is 9.33. The molecule has 1 aliphatic carbocycles. The van der Waals surface area contributed by atoms with Crippen molar-refractivity contribution in [2.75, 3.05) is 5.73 Å². The molecule has 1 fully saturated rings. The fraction of sp³-hybridized carbons (Fsp3) is 0.343. The number of carbonyl (C=O) groups is 4. The monoisotopic (exact) mass is 625 g/mol. The maximum Gasteiger partial charge on any atom is 0.287 e. The molecule has 0 saturated heterocycles. The van der Waals surface area contributed by atoms with Gasteiger partial charge in [0, 0.05) is 35.5 Å². The van der Waals surface area contributed by atoms with E-state index in [1.165, 1.54) is 0 Å². The smallest absolute Gasteiger partial charge is 0.287 e. The number of benzene rings is 2. The number of nitrogens with one attached hydrogen (secondary N) is 3. The minimum absolute atomic E-state index is 0.0662. The first-order valence-corrected chi connectivity index (χ1v) is 15.6. The first-order valence-electron chi connectivity index (χ1n) is 15.6. The van der Waals surface area contributed by atoms with Crippen LogP contribution in [0.3, 0.4) is 0 Å². The van der Waals surface area contributed by atoms with E-state index in [1.54, 1.807) is 36.4 Å². The summed E-state index contributed by atoms with van der Waals surface area (Å²) in [7, 11) is 1.86. The number of furan rings is 1. The van der Waals surface area contributed by atoms with Gasteiger partial charge in [-0.25, -0.2) is 4.57 Å². The topological polar surface area (TPSA) is 173 Å². The zero-order chi connectivity index (χ0) is 32.6. The molecule has 0 spiro atoms. The van der Waals surface area contributed by atoms with Crippen molar-refractivity contribution in [1.82, 2.24) is 16.0 Å². The highest BCUT2D eigenvalue weighted by Gasteiger charge is 2.35. The number of hydrogen-bond acceptors (Lipinski definition) is 6. The van der Waals surface area contributed by atoms with Gasteiger partial charge in [0.25, 0.3) is 5.91 Å². The molecule has 5 rings (SSSR count). The van der Waals surface area contributed by atoms with E-state index in [1.807, 2.05) is 54.3 Å². The number of aromatic nitrogens is 1. The molecule has 3 atom stereocenters. The van der Waals surface area contributed by atoms with Gasteiger partial charge in [0.05, 0.1) is 0 Å². The standard InChI is InChI=1S/C35H40N6O5/c1-41-17-7-8-23(21-41)19-27(32(37)42)38-35(45)31(24-9-3-2-4-10-24)40-33(43)28(18-22-13-15-26(36)16-14-22)39-34(44)30-20-25-11-5-6-12-29(25)46-30/h5-8,11-17,20-21,24,27-28,31H,2-4,9-10,18-19,36H2,1H3,(H4-,37,38,39,40,42,43,44,45)/p+1/t27-,28-,31-/m0/s1. The summed E-state index contributed by atoms with van der Waals surface area (Å²) in [6.45, 7) is 0. The van der Waals surface area contributed by atoms with Crippen LogP contribution in [0, 0.1) is 5.92 Å². The van der Waals surface area contributed by atoms with Crippen molar-refractivity contribution >= 4 is 40.3 Å². The highest BCUT2D eigenvalue weighted by molar-refractivity contribution is 5.99. The Morgan fingerprint density at radius 2 is 1.57 bits per heavy atom. The SMILES string of the molecule is C[n+]1cccc(C[C@H](NC(=O)[C@@H](NC(=O)[C@H](Cc2ccc(N)cc2)NC(=O)c2cc3ccccc3o2)C2CCCCC2)C(N)=O)c1. The lowest BCUT2D eigenvalue weighted by atomic mass is 9.83. The lowest BCUT2D eigenvalue weighted by molar-refractivity contribution is -0.671. The number of carbonyl (C=O) groups excluding carboxylic acids is 4. The highest BCUT2D eigenvalue weighted by atomic mass is 16.3. The summed E-state index contributed by atoms with van der Waals surface area (Å²) in [6, 6.07) is 16.6. The number of nitrogens with zero attached hydrogens (tertiary/aromatic N) is 1. The number of rotatable bonds is 12. The molecule has 2 aromatic carbocycles. The van der Waals surface area contributed by atoms with Crippen LogP contribution in [-0.2, 0) is 34.3 Å². The van der Waals surface area contributed by atoms with E-state index in [0.717, 1.165) is 48.6 Å². The summed E-state index contributed by atoms with van der Waals surface area (Å²) in [5.41, 5.74) is 14.3. The first kappa shape index (κ1) is 32.2. The summed E-state index contributed by atoms with van der Waals surface area (Å²) >= 11 is 0. The number of anilines is 1. The van der Waals surface area contributed by atoms with E-state index < -0.39 is 41.8 Å². The molecular weight excluding hydrogens is 584 g/mol. The number of hydrogen-bond donors (Lipinski definition) is 5. The molecule has 0 aliphatic heterocycles. The molecule has 4 aromatic rings. The van der Waals surface area contributed by atoms with Crippen molar-refractivity contribution in [2.24, 2.45) is 18.7 Å². The molecule has 240 valence electrons. The van der Waals surface area contributed by atoms with E-state index in [-0.39, 0.29) is 24.5 Å². The zero-order valence-corrected chi connectivity index (χ0v) is 25.9. The third-order valence-electron chi connectivity index (χ3n) is 8.49. The lowest BCUT2D eigenvalue weighted by Crippen LogP contribution is -2.59. The Balaban J connectivity index is 1.37. The average molecular weight is 626 g/mol. The van der Waals surface area contributed by atoms with Crippen LogP contribution in [0.2, 0.25) is 0 Å². The van der Waals surface area contributed by atoms with Crippen LogP contribution in [-0.4, -0.2) is 41.8 Å². The molecule has 46 heavy (non-hydrogen) atoms. The van der Waals surface area contributed by atoms with Crippen LogP contribution in [0.5, 0.6) is 0 Å². The van der Waals surface area contributed by atoms with E-state index in [9.17, 15) is 19.2 Å². The van der Waals surface area contributed by atoms with Crippen molar-refractivity contribution < 1.29 is 28.2 Å². The molecule has 2 heterocycles. The molecule has 4 amide bonds. The maximum atomic E-state index is 14.0. The number of aryl methyl sites for hydroxylation is 1. The largest absolute Gasteiger partial charge is 0.451 e. The second kappa shape index (κ2) is 14.7. The minimum atomic E-state index is -1.04. The van der Waals surface area contributed by atoms with E-state index in [4.69, 9.17) is 15.9 Å². The average Bonchev–Trinajstić information content (AvgIpc) is 3.49. The van der Waals surface area contributed by atoms with Crippen LogP contribution in [0.4, 0.5) is 5.69 Å². The van der Waals surface area contributed by atoms with Gasteiger partial charge in [0.1, 0.15) is 30.8 Å². The lowest BCUT2D eigenvalue weighted by Gasteiger charge is -2.32. The molecular formula is C35H41N6O5+. The first-order chi connectivity index (χ1) is 22.2. The Labute approximate surface area is 267 Å². The van der Waals surface area contributed by atoms with E-state index in [2.05, 4.69) is 16.0 Å². The number of amides is 4.